The molecule has 1 aromatic carbocycles. The van der Waals surface area contributed by atoms with E-state index in [-0.39, 0.29) is 17.0 Å². The lowest BCUT2D eigenvalue weighted by molar-refractivity contribution is 0.312. The third-order valence-corrected chi connectivity index (χ3v) is 3.47. The Kier molecular flexibility index (Phi) is 5.29. The largest absolute Gasteiger partial charge is 0.317 e. The number of hydrogen-bond donors (Lipinski definition) is 1. The molecule has 1 unspecified atom stereocenters. The first kappa shape index (κ1) is 15.6. The first-order chi connectivity index (χ1) is 8.24. The highest BCUT2D eigenvalue weighted by molar-refractivity contribution is 9.10. The normalized spacial score (nSPS) is 13.7. The molecule has 4 heteroatoms. The van der Waals surface area contributed by atoms with Gasteiger partial charge in [-0.25, -0.2) is 8.78 Å². The Morgan fingerprint density at radius 2 is 1.89 bits per heavy atom. The van der Waals surface area contributed by atoms with Gasteiger partial charge in [-0.15, -0.1) is 0 Å². The quantitative estimate of drug-likeness (QED) is 0.816. The number of likely N-dealkylation sites (N-methyl/N-ethyl adjacent to an activating group) is 1. The summed E-state index contributed by atoms with van der Waals surface area (Å²) in [6, 6.07) is 2.75. The Morgan fingerprint density at radius 1 is 1.28 bits per heavy atom. The van der Waals surface area contributed by atoms with Crippen LogP contribution in [0.3, 0.4) is 0 Å². The van der Waals surface area contributed by atoms with E-state index in [2.05, 4.69) is 42.0 Å². The predicted molar refractivity (Wildman–Crippen MR) is 74.7 cm³/mol. The van der Waals surface area contributed by atoms with Crippen LogP contribution in [-0.4, -0.2) is 13.1 Å². The van der Waals surface area contributed by atoms with Crippen molar-refractivity contribution in [2.24, 2.45) is 5.41 Å². The van der Waals surface area contributed by atoms with Crippen molar-refractivity contribution in [2.45, 2.75) is 39.7 Å². The minimum absolute atomic E-state index is 0.0586. The zero-order valence-electron chi connectivity index (χ0n) is 11.3. The molecule has 1 nitrogen and oxygen atoms in total. The summed E-state index contributed by atoms with van der Waals surface area (Å²) in [5.41, 5.74) is 0.264. The molecule has 1 atom stereocenters. The van der Waals surface area contributed by atoms with Gasteiger partial charge < -0.3 is 5.32 Å². The average molecular weight is 320 g/mol. The Morgan fingerprint density at radius 3 is 2.39 bits per heavy atom. The molecular formula is C14H20BrF2N. The number of rotatable bonds is 4. The minimum atomic E-state index is -0.496. The van der Waals surface area contributed by atoms with Crippen molar-refractivity contribution >= 4 is 15.9 Å². The van der Waals surface area contributed by atoms with Gasteiger partial charge in [0.2, 0.25) is 0 Å². The second-order valence-electron chi connectivity index (χ2n) is 5.78. The zero-order valence-corrected chi connectivity index (χ0v) is 12.9. The maximum atomic E-state index is 13.9. The standard InChI is InChI=1S/C14H20BrF2N/c1-14(2,3)8-9(18-4)7-10-12(16)6-5-11(15)13(10)17/h5-6,9,18H,7-8H2,1-4H3. The fraction of sp³-hybridized carbons (Fsp3) is 0.571. The lowest BCUT2D eigenvalue weighted by atomic mass is 9.86. The van der Waals surface area contributed by atoms with Crippen molar-refractivity contribution in [2.75, 3.05) is 7.05 Å². The first-order valence-electron chi connectivity index (χ1n) is 6.04. The van der Waals surface area contributed by atoms with E-state index in [4.69, 9.17) is 0 Å². The van der Waals surface area contributed by atoms with Gasteiger partial charge in [0.05, 0.1) is 4.47 Å². The van der Waals surface area contributed by atoms with Gasteiger partial charge in [0.15, 0.2) is 0 Å². The lowest BCUT2D eigenvalue weighted by Crippen LogP contribution is -2.32. The number of halogens is 3. The molecule has 102 valence electrons. The van der Waals surface area contributed by atoms with Crippen molar-refractivity contribution in [1.82, 2.24) is 5.32 Å². The van der Waals surface area contributed by atoms with E-state index >= 15 is 0 Å². The van der Waals surface area contributed by atoms with Crippen LogP contribution in [0.4, 0.5) is 8.78 Å². The van der Waals surface area contributed by atoms with E-state index in [0.29, 0.717) is 10.9 Å². The fourth-order valence-electron chi connectivity index (χ4n) is 2.02. The average Bonchev–Trinajstić information content (AvgIpc) is 2.26. The smallest absolute Gasteiger partial charge is 0.143 e. The molecule has 1 aromatic rings. The molecule has 0 aliphatic rings. The van der Waals surface area contributed by atoms with Gasteiger partial charge in [-0.2, -0.15) is 0 Å². The lowest BCUT2D eigenvalue weighted by Gasteiger charge is -2.26. The van der Waals surface area contributed by atoms with Crippen molar-refractivity contribution in [3.8, 4) is 0 Å². The summed E-state index contributed by atoms with van der Waals surface area (Å²) in [5, 5.41) is 3.13. The third kappa shape index (κ3) is 4.32. The van der Waals surface area contributed by atoms with Gasteiger partial charge in [-0.1, -0.05) is 20.8 Å². The van der Waals surface area contributed by atoms with Crippen LogP contribution in [0.2, 0.25) is 0 Å². The maximum Gasteiger partial charge on any atom is 0.143 e. The number of benzene rings is 1. The molecule has 18 heavy (non-hydrogen) atoms. The highest BCUT2D eigenvalue weighted by Crippen LogP contribution is 2.26. The van der Waals surface area contributed by atoms with Crippen LogP contribution < -0.4 is 5.32 Å². The van der Waals surface area contributed by atoms with E-state index < -0.39 is 11.6 Å². The monoisotopic (exact) mass is 319 g/mol. The molecule has 0 saturated heterocycles. The zero-order chi connectivity index (χ0) is 13.9. The van der Waals surface area contributed by atoms with Crippen LogP contribution in [0, 0.1) is 17.0 Å². The molecule has 0 aromatic heterocycles. The summed E-state index contributed by atoms with van der Waals surface area (Å²) < 4.78 is 27.9. The Labute approximate surface area is 116 Å². The summed E-state index contributed by atoms with van der Waals surface area (Å²) in [7, 11) is 1.82. The van der Waals surface area contributed by atoms with E-state index in [1.54, 1.807) is 0 Å². The molecule has 0 radical (unpaired) electrons. The van der Waals surface area contributed by atoms with E-state index in [0.717, 1.165) is 6.42 Å². The molecule has 1 N–H and O–H groups in total. The molecule has 0 bridgehead atoms. The summed E-state index contributed by atoms with van der Waals surface area (Å²) in [4.78, 5) is 0. The molecule has 0 fully saturated rings. The molecule has 0 saturated carbocycles. The topological polar surface area (TPSA) is 12.0 Å². The van der Waals surface area contributed by atoms with Gasteiger partial charge in [-0.3, -0.25) is 0 Å². The Balaban J connectivity index is 2.92. The van der Waals surface area contributed by atoms with Crippen molar-refractivity contribution < 1.29 is 8.78 Å². The second-order valence-corrected chi connectivity index (χ2v) is 6.63. The van der Waals surface area contributed by atoms with Gasteiger partial charge in [0.1, 0.15) is 11.6 Å². The SMILES string of the molecule is CNC(Cc1c(F)ccc(Br)c1F)CC(C)(C)C. The summed E-state index contributed by atoms with van der Waals surface area (Å²) in [6.45, 7) is 6.35. The second kappa shape index (κ2) is 6.11. The van der Waals surface area contributed by atoms with Crippen LogP contribution in [0.5, 0.6) is 0 Å². The molecule has 0 spiro atoms. The van der Waals surface area contributed by atoms with Gasteiger partial charge in [-0.05, 0) is 53.4 Å². The minimum Gasteiger partial charge on any atom is -0.317 e. The molecule has 0 heterocycles. The first-order valence-corrected chi connectivity index (χ1v) is 6.83. The highest BCUT2D eigenvalue weighted by atomic mass is 79.9. The Bertz CT molecular complexity index is 413. The van der Waals surface area contributed by atoms with Gasteiger partial charge in [0, 0.05) is 11.6 Å². The van der Waals surface area contributed by atoms with E-state index in [1.165, 1.54) is 12.1 Å². The number of hydrogen-bond acceptors (Lipinski definition) is 1. The number of nitrogens with one attached hydrogen (secondary N) is 1. The van der Waals surface area contributed by atoms with Crippen molar-refractivity contribution in [3.63, 3.8) is 0 Å². The van der Waals surface area contributed by atoms with E-state index in [9.17, 15) is 8.78 Å². The van der Waals surface area contributed by atoms with Gasteiger partial charge in [0.25, 0.3) is 0 Å². The molecule has 1 rings (SSSR count). The molecular weight excluding hydrogens is 300 g/mol. The predicted octanol–water partition coefficient (Wildman–Crippen LogP) is 4.29. The van der Waals surface area contributed by atoms with E-state index in [1.807, 2.05) is 7.05 Å². The van der Waals surface area contributed by atoms with Crippen LogP contribution in [0.15, 0.2) is 16.6 Å². The summed E-state index contributed by atoms with van der Waals surface area (Å²) in [5.74, 6) is -0.978. The molecule has 0 aliphatic carbocycles. The summed E-state index contributed by atoms with van der Waals surface area (Å²) in [6.07, 6.45) is 1.21. The maximum absolute atomic E-state index is 13.9. The van der Waals surface area contributed by atoms with Crippen LogP contribution >= 0.6 is 15.9 Å². The fourth-order valence-corrected chi connectivity index (χ4v) is 2.39. The van der Waals surface area contributed by atoms with Gasteiger partial charge >= 0.3 is 0 Å². The van der Waals surface area contributed by atoms with Crippen molar-refractivity contribution in [1.29, 1.82) is 0 Å². The van der Waals surface area contributed by atoms with Crippen LogP contribution in [0.1, 0.15) is 32.8 Å². The van der Waals surface area contributed by atoms with Crippen LogP contribution in [-0.2, 0) is 6.42 Å². The highest BCUT2D eigenvalue weighted by Gasteiger charge is 2.21. The Hall–Kier alpha value is -0.480. The third-order valence-electron chi connectivity index (χ3n) is 2.86. The summed E-state index contributed by atoms with van der Waals surface area (Å²) >= 11 is 3.09. The molecule has 0 amide bonds. The molecule has 0 aliphatic heterocycles. The van der Waals surface area contributed by atoms with Crippen molar-refractivity contribution in [3.05, 3.63) is 33.8 Å². The van der Waals surface area contributed by atoms with Crippen LogP contribution in [0.25, 0.3) is 0 Å².